The molecule has 0 amide bonds. The Bertz CT molecular complexity index is 284. The van der Waals surface area contributed by atoms with Crippen molar-refractivity contribution >= 4 is 21.8 Å². The van der Waals surface area contributed by atoms with Crippen molar-refractivity contribution in [3.8, 4) is 0 Å². The topological polar surface area (TPSA) is 49.4 Å². The third-order valence-corrected chi connectivity index (χ3v) is 4.77. The molecule has 0 saturated carbocycles. The highest BCUT2D eigenvalue weighted by Crippen LogP contribution is 2.19. The molecular weight excluding hydrogens is 236 g/mol. The van der Waals surface area contributed by atoms with Crippen LogP contribution in [0, 0.1) is 5.92 Å². The second-order valence-corrected chi connectivity index (χ2v) is 6.29. The van der Waals surface area contributed by atoms with Crippen LogP contribution in [-0.2, 0) is 10.2 Å². The van der Waals surface area contributed by atoms with Crippen LogP contribution in [0.3, 0.4) is 0 Å². The Morgan fingerprint density at radius 1 is 1.40 bits per heavy atom. The summed E-state index contributed by atoms with van der Waals surface area (Å²) in [5.74, 6) is 1.10. The van der Waals surface area contributed by atoms with Gasteiger partial charge in [0.2, 0.25) is 0 Å². The normalized spacial score (nSPS) is 21.1. The number of hydrogen-bond acceptors (Lipinski definition) is 2. The summed E-state index contributed by atoms with van der Waals surface area (Å²) in [4.78, 5) is 0. The van der Waals surface area contributed by atoms with Crippen LogP contribution in [0.4, 0.5) is 0 Å². The van der Waals surface area contributed by atoms with Gasteiger partial charge in [0.15, 0.2) is 0 Å². The molecule has 4 nitrogen and oxygen atoms in total. The van der Waals surface area contributed by atoms with Crippen LogP contribution in [0.25, 0.3) is 0 Å². The number of nitrogens with one attached hydrogen (secondary N) is 1. The summed E-state index contributed by atoms with van der Waals surface area (Å²) in [5.41, 5.74) is 0. The lowest BCUT2D eigenvalue weighted by Gasteiger charge is -2.30. The van der Waals surface area contributed by atoms with Crippen molar-refractivity contribution in [2.24, 2.45) is 5.92 Å². The van der Waals surface area contributed by atoms with Crippen molar-refractivity contribution in [2.45, 2.75) is 32.7 Å². The van der Waals surface area contributed by atoms with E-state index < -0.39 is 10.2 Å². The monoisotopic (exact) mass is 254 g/mol. The van der Waals surface area contributed by atoms with E-state index in [1.54, 1.807) is 0 Å². The van der Waals surface area contributed by atoms with Crippen molar-refractivity contribution in [1.29, 1.82) is 0 Å². The number of alkyl halides is 1. The lowest BCUT2D eigenvalue weighted by Crippen LogP contribution is -2.47. The smallest absolute Gasteiger partial charge is 0.200 e. The Morgan fingerprint density at radius 2 is 1.93 bits per heavy atom. The van der Waals surface area contributed by atoms with Crippen molar-refractivity contribution in [2.75, 3.05) is 19.0 Å². The highest BCUT2D eigenvalue weighted by molar-refractivity contribution is 7.87. The van der Waals surface area contributed by atoms with Gasteiger partial charge in [-0.25, -0.2) is 0 Å². The summed E-state index contributed by atoms with van der Waals surface area (Å²) >= 11 is 5.74. The largest absolute Gasteiger partial charge is 0.279 e. The maximum absolute atomic E-state index is 11.8. The first kappa shape index (κ1) is 13.2. The van der Waals surface area contributed by atoms with Gasteiger partial charge in [-0.1, -0.05) is 0 Å². The molecule has 1 rings (SSSR count). The zero-order valence-electron chi connectivity index (χ0n) is 9.24. The first-order valence-corrected chi connectivity index (χ1v) is 7.26. The maximum atomic E-state index is 11.8. The molecule has 0 aromatic heterocycles. The molecule has 1 aliphatic rings. The number of halogens is 1. The Hall–Kier alpha value is 0.160. The molecule has 0 spiro atoms. The van der Waals surface area contributed by atoms with Crippen LogP contribution in [0.2, 0.25) is 0 Å². The molecule has 6 heteroatoms. The molecule has 0 atom stereocenters. The zero-order valence-corrected chi connectivity index (χ0v) is 10.8. The van der Waals surface area contributed by atoms with Crippen molar-refractivity contribution < 1.29 is 8.42 Å². The second-order valence-electron chi connectivity index (χ2n) is 4.27. The first-order chi connectivity index (χ1) is 6.95. The molecule has 0 aromatic rings. The zero-order chi connectivity index (χ0) is 11.5. The Kier molecular flexibility index (Phi) is 4.83. The summed E-state index contributed by atoms with van der Waals surface area (Å²) in [7, 11) is -3.27. The molecule has 0 bridgehead atoms. The number of rotatable bonds is 4. The molecule has 1 fully saturated rings. The standard InChI is InChI=1S/C9H19ClN2O2S/c1-8(2)11-15(13,14)12-5-3-9(7-10)4-6-12/h8-9,11H,3-7H2,1-2H3. The van der Waals surface area contributed by atoms with Crippen LogP contribution in [0.1, 0.15) is 26.7 Å². The first-order valence-electron chi connectivity index (χ1n) is 5.29. The van der Waals surface area contributed by atoms with Gasteiger partial charge in [0.1, 0.15) is 0 Å². The molecule has 0 aliphatic carbocycles. The average Bonchev–Trinajstić information content (AvgIpc) is 2.16. The van der Waals surface area contributed by atoms with Gasteiger partial charge in [-0.2, -0.15) is 17.4 Å². The average molecular weight is 255 g/mol. The van der Waals surface area contributed by atoms with E-state index in [-0.39, 0.29) is 6.04 Å². The minimum Gasteiger partial charge on any atom is -0.200 e. The Balaban J connectivity index is 2.52. The molecule has 1 saturated heterocycles. The van der Waals surface area contributed by atoms with Gasteiger partial charge in [-0.15, -0.1) is 11.6 Å². The van der Waals surface area contributed by atoms with Crippen molar-refractivity contribution in [3.63, 3.8) is 0 Å². The number of hydrogen-bond donors (Lipinski definition) is 1. The molecule has 1 N–H and O–H groups in total. The van der Waals surface area contributed by atoms with Gasteiger partial charge in [0.25, 0.3) is 10.2 Å². The fourth-order valence-electron chi connectivity index (χ4n) is 1.68. The molecule has 0 aromatic carbocycles. The van der Waals surface area contributed by atoms with Crippen LogP contribution >= 0.6 is 11.6 Å². The molecule has 15 heavy (non-hydrogen) atoms. The van der Waals surface area contributed by atoms with E-state index in [1.807, 2.05) is 13.8 Å². The number of nitrogens with zero attached hydrogens (tertiary/aromatic N) is 1. The molecular formula is C9H19ClN2O2S. The summed E-state index contributed by atoms with van der Waals surface area (Å²) in [6.07, 6.45) is 1.73. The predicted octanol–water partition coefficient (Wildman–Crippen LogP) is 1.18. The van der Waals surface area contributed by atoms with Gasteiger partial charge in [-0.05, 0) is 32.6 Å². The predicted molar refractivity (Wildman–Crippen MR) is 62.2 cm³/mol. The second kappa shape index (κ2) is 5.48. The van der Waals surface area contributed by atoms with E-state index in [4.69, 9.17) is 11.6 Å². The minimum absolute atomic E-state index is 0.0549. The number of piperidine rings is 1. The van der Waals surface area contributed by atoms with E-state index >= 15 is 0 Å². The molecule has 0 unspecified atom stereocenters. The maximum Gasteiger partial charge on any atom is 0.279 e. The highest BCUT2D eigenvalue weighted by atomic mass is 35.5. The van der Waals surface area contributed by atoms with Gasteiger partial charge < -0.3 is 0 Å². The summed E-state index contributed by atoms with van der Waals surface area (Å²) in [6.45, 7) is 4.81. The third kappa shape index (κ3) is 3.90. The van der Waals surface area contributed by atoms with Gasteiger partial charge in [0, 0.05) is 25.0 Å². The Labute approximate surface area is 97.2 Å². The lowest BCUT2D eigenvalue weighted by molar-refractivity contribution is 0.286. The van der Waals surface area contributed by atoms with Gasteiger partial charge in [-0.3, -0.25) is 0 Å². The van der Waals surface area contributed by atoms with E-state index in [1.165, 1.54) is 4.31 Å². The van der Waals surface area contributed by atoms with E-state index in [9.17, 15) is 8.42 Å². The van der Waals surface area contributed by atoms with Crippen LogP contribution in [-0.4, -0.2) is 37.7 Å². The summed E-state index contributed by atoms with van der Waals surface area (Å²) in [5, 5.41) is 0. The Morgan fingerprint density at radius 3 is 2.33 bits per heavy atom. The fraction of sp³-hybridized carbons (Fsp3) is 1.00. The van der Waals surface area contributed by atoms with Crippen molar-refractivity contribution in [1.82, 2.24) is 9.03 Å². The van der Waals surface area contributed by atoms with Crippen LogP contribution in [0.15, 0.2) is 0 Å². The van der Waals surface area contributed by atoms with E-state index in [0.29, 0.717) is 24.9 Å². The minimum atomic E-state index is -3.27. The molecule has 90 valence electrons. The van der Waals surface area contributed by atoms with Gasteiger partial charge >= 0.3 is 0 Å². The van der Waals surface area contributed by atoms with Gasteiger partial charge in [0.05, 0.1) is 0 Å². The molecule has 1 aliphatic heterocycles. The summed E-state index contributed by atoms with van der Waals surface area (Å²) in [6, 6.07) is -0.0549. The third-order valence-electron chi connectivity index (χ3n) is 2.52. The summed E-state index contributed by atoms with van der Waals surface area (Å²) < 4.78 is 27.6. The van der Waals surface area contributed by atoms with Crippen LogP contribution in [0.5, 0.6) is 0 Å². The SMILES string of the molecule is CC(C)NS(=O)(=O)N1CCC(CCl)CC1. The van der Waals surface area contributed by atoms with E-state index in [0.717, 1.165) is 12.8 Å². The van der Waals surface area contributed by atoms with Crippen molar-refractivity contribution in [3.05, 3.63) is 0 Å². The fourth-order valence-corrected chi connectivity index (χ4v) is 3.42. The molecule has 0 radical (unpaired) electrons. The van der Waals surface area contributed by atoms with Crippen LogP contribution < -0.4 is 4.72 Å². The lowest BCUT2D eigenvalue weighted by atomic mass is 10.0. The highest BCUT2D eigenvalue weighted by Gasteiger charge is 2.27. The molecule has 1 heterocycles. The van der Waals surface area contributed by atoms with E-state index in [2.05, 4.69) is 4.72 Å². The quantitative estimate of drug-likeness (QED) is 0.766.